The van der Waals surface area contributed by atoms with Crippen LogP contribution in [0.25, 0.3) is 22.2 Å². The van der Waals surface area contributed by atoms with Crippen molar-refractivity contribution in [3.05, 3.63) is 41.9 Å². The molecular formula is C13H14ClN5O2S. The smallest absolute Gasteiger partial charge is 0.229 e. The molecular weight excluding hydrogens is 326 g/mol. The number of nitrogens with one attached hydrogen (secondary N) is 2. The lowest BCUT2D eigenvalue weighted by Crippen LogP contribution is -2.10. The molecule has 22 heavy (non-hydrogen) atoms. The quantitative estimate of drug-likeness (QED) is 0.633. The second-order valence-corrected chi connectivity index (χ2v) is 6.64. The minimum atomic E-state index is -3.42. The Morgan fingerprint density at radius 3 is 2.82 bits per heavy atom. The van der Waals surface area contributed by atoms with Crippen molar-refractivity contribution in [1.29, 1.82) is 0 Å². The maximum absolute atomic E-state index is 11.3. The molecule has 0 saturated heterocycles. The van der Waals surface area contributed by atoms with E-state index in [2.05, 4.69) is 19.7 Å². The van der Waals surface area contributed by atoms with Crippen LogP contribution in [0.15, 0.2) is 36.8 Å². The molecule has 0 saturated carbocycles. The third-order valence-corrected chi connectivity index (χ3v) is 3.79. The first-order valence-electron chi connectivity index (χ1n) is 6.00. The van der Waals surface area contributed by atoms with Gasteiger partial charge >= 0.3 is 0 Å². The Labute approximate surface area is 132 Å². The van der Waals surface area contributed by atoms with Crippen LogP contribution < -0.4 is 10.9 Å². The average Bonchev–Trinajstić information content (AvgIpc) is 2.84. The number of aromatic nitrogens is 3. The first kappa shape index (κ1) is 16.2. The van der Waals surface area contributed by atoms with Crippen LogP contribution in [0.2, 0.25) is 5.15 Å². The summed E-state index contributed by atoms with van der Waals surface area (Å²) < 4.78 is 25.1. The molecule has 5 N–H and O–H groups in total. The Hall–Kier alpha value is -2.16. The Morgan fingerprint density at radius 1 is 1.32 bits per heavy atom. The lowest BCUT2D eigenvalue weighted by atomic mass is 10.1. The molecule has 3 aromatic rings. The largest absolute Gasteiger partial charge is 0.346 e. The molecule has 0 fully saturated rings. The minimum Gasteiger partial charge on any atom is -0.346 e. The summed E-state index contributed by atoms with van der Waals surface area (Å²) >= 11 is 5.92. The predicted octanol–water partition coefficient (Wildman–Crippen LogP) is 2.81. The van der Waals surface area contributed by atoms with Gasteiger partial charge in [-0.25, -0.2) is 18.4 Å². The average molecular weight is 340 g/mol. The van der Waals surface area contributed by atoms with Crippen LogP contribution in [0.4, 0.5) is 5.69 Å². The molecule has 0 aromatic carbocycles. The summed E-state index contributed by atoms with van der Waals surface area (Å²) in [6, 6.07) is 5.40. The van der Waals surface area contributed by atoms with E-state index in [4.69, 9.17) is 11.6 Å². The molecule has 7 nitrogen and oxygen atoms in total. The maximum atomic E-state index is 11.3. The van der Waals surface area contributed by atoms with E-state index >= 15 is 0 Å². The zero-order valence-electron chi connectivity index (χ0n) is 11.7. The highest BCUT2D eigenvalue weighted by molar-refractivity contribution is 7.92. The summed E-state index contributed by atoms with van der Waals surface area (Å²) in [5.74, 6) is 0. The Kier molecular flexibility index (Phi) is 4.36. The number of sulfonamides is 1. The van der Waals surface area contributed by atoms with Gasteiger partial charge < -0.3 is 11.1 Å². The maximum Gasteiger partial charge on any atom is 0.229 e. The summed E-state index contributed by atoms with van der Waals surface area (Å²) in [7, 11) is -3.42. The van der Waals surface area contributed by atoms with E-state index < -0.39 is 10.0 Å². The van der Waals surface area contributed by atoms with Crippen LogP contribution in [-0.4, -0.2) is 29.6 Å². The van der Waals surface area contributed by atoms with Crippen LogP contribution in [0.1, 0.15) is 0 Å². The fraction of sp³-hybridized carbons (Fsp3) is 0.0769. The standard InChI is InChI=1S/C13H11ClN4O2S.H3N/c1-21(19,20)18-11-5-8(6-16-12(11)14)10-7-17-13-9(10)3-2-4-15-13;/h2-7,18H,1H3,(H,15,17);1H3. The van der Waals surface area contributed by atoms with Crippen molar-refractivity contribution >= 4 is 38.3 Å². The summed E-state index contributed by atoms with van der Waals surface area (Å²) in [5, 5.41) is 1.02. The molecule has 0 spiro atoms. The van der Waals surface area contributed by atoms with E-state index in [1.165, 1.54) is 0 Å². The van der Waals surface area contributed by atoms with Gasteiger partial charge in [0.15, 0.2) is 5.15 Å². The van der Waals surface area contributed by atoms with Crippen molar-refractivity contribution < 1.29 is 8.42 Å². The number of pyridine rings is 2. The molecule has 0 bridgehead atoms. The number of hydrogen-bond acceptors (Lipinski definition) is 5. The van der Waals surface area contributed by atoms with E-state index in [1.54, 1.807) is 24.7 Å². The minimum absolute atomic E-state index is 0. The van der Waals surface area contributed by atoms with Gasteiger partial charge in [-0.05, 0) is 18.2 Å². The zero-order valence-corrected chi connectivity index (χ0v) is 13.2. The molecule has 116 valence electrons. The lowest BCUT2D eigenvalue weighted by molar-refractivity contribution is 0.607. The van der Waals surface area contributed by atoms with Gasteiger partial charge in [-0.2, -0.15) is 0 Å². The second-order valence-electron chi connectivity index (χ2n) is 4.54. The SMILES string of the molecule is CS(=O)(=O)Nc1cc(-c2c[nH]c3ncccc23)cnc1Cl.N. The third-order valence-electron chi connectivity index (χ3n) is 2.90. The molecule has 0 unspecified atom stereocenters. The summed E-state index contributed by atoms with van der Waals surface area (Å²) in [4.78, 5) is 11.3. The number of aromatic amines is 1. The molecule has 0 atom stereocenters. The van der Waals surface area contributed by atoms with Gasteiger partial charge in [0.05, 0.1) is 11.9 Å². The predicted molar refractivity (Wildman–Crippen MR) is 87.8 cm³/mol. The Balaban J connectivity index is 0.00000176. The first-order chi connectivity index (χ1) is 9.94. The lowest BCUT2D eigenvalue weighted by Gasteiger charge is -2.07. The number of fused-ring (bicyclic) bond motifs is 1. The number of H-pyrrole nitrogens is 1. The fourth-order valence-electron chi connectivity index (χ4n) is 2.06. The molecule has 0 aliphatic carbocycles. The van der Waals surface area contributed by atoms with Crippen LogP contribution in [-0.2, 0) is 10.0 Å². The number of nitrogens with zero attached hydrogens (tertiary/aromatic N) is 2. The molecule has 3 rings (SSSR count). The zero-order chi connectivity index (χ0) is 15.0. The van der Waals surface area contributed by atoms with E-state index in [-0.39, 0.29) is 17.0 Å². The summed E-state index contributed by atoms with van der Waals surface area (Å²) in [5.41, 5.74) is 2.61. The van der Waals surface area contributed by atoms with Gasteiger partial charge in [0.1, 0.15) is 5.65 Å². The molecule has 3 heterocycles. The van der Waals surface area contributed by atoms with Crippen LogP contribution >= 0.6 is 11.6 Å². The van der Waals surface area contributed by atoms with Crippen molar-refractivity contribution in [3.63, 3.8) is 0 Å². The van der Waals surface area contributed by atoms with Crippen molar-refractivity contribution in [1.82, 2.24) is 21.1 Å². The molecule has 0 amide bonds. The van der Waals surface area contributed by atoms with Crippen molar-refractivity contribution in [3.8, 4) is 11.1 Å². The van der Waals surface area contributed by atoms with Crippen LogP contribution in [0.3, 0.4) is 0 Å². The highest BCUT2D eigenvalue weighted by Gasteiger charge is 2.12. The van der Waals surface area contributed by atoms with Gasteiger partial charge in [0.2, 0.25) is 10.0 Å². The van der Waals surface area contributed by atoms with Crippen LogP contribution in [0.5, 0.6) is 0 Å². The number of rotatable bonds is 3. The second kappa shape index (κ2) is 5.91. The Bertz CT molecular complexity index is 923. The number of hydrogen-bond donors (Lipinski definition) is 3. The number of anilines is 1. The van der Waals surface area contributed by atoms with Gasteiger partial charge in [-0.1, -0.05) is 11.6 Å². The van der Waals surface area contributed by atoms with Gasteiger partial charge in [0, 0.05) is 35.1 Å². The van der Waals surface area contributed by atoms with E-state index in [9.17, 15) is 8.42 Å². The first-order valence-corrected chi connectivity index (χ1v) is 8.27. The molecule has 3 aromatic heterocycles. The normalized spacial score (nSPS) is 11.2. The fourth-order valence-corrected chi connectivity index (χ4v) is 2.82. The van der Waals surface area contributed by atoms with Crippen molar-refractivity contribution in [2.45, 2.75) is 0 Å². The van der Waals surface area contributed by atoms with Gasteiger partial charge in [0.25, 0.3) is 0 Å². The third kappa shape index (κ3) is 3.19. The topological polar surface area (TPSA) is 123 Å². The Morgan fingerprint density at radius 2 is 2.09 bits per heavy atom. The summed E-state index contributed by atoms with van der Waals surface area (Å²) in [6.07, 6.45) is 6.14. The molecule has 9 heteroatoms. The molecule has 0 aliphatic rings. The van der Waals surface area contributed by atoms with Crippen molar-refractivity contribution in [2.24, 2.45) is 0 Å². The van der Waals surface area contributed by atoms with E-state index in [0.29, 0.717) is 0 Å². The highest BCUT2D eigenvalue weighted by atomic mass is 35.5. The number of halogens is 1. The van der Waals surface area contributed by atoms with Gasteiger partial charge in [-0.15, -0.1) is 0 Å². The monoisotopic (exact) mass is 339 g/mol. The van der Waals surface area contributed by atoms with Crippen LogP contribution in [0, 0.1) is 0 Å². The molecule has 0 radical (unpaired) electrons. The molecule has 0 aliphatic heterocycles. The van der Waals surface area contributed by atoms with Crippen molar-refractivity contribution in [2.75, 3.05) is 11.0 Å². The van der Waals surface area contributed by atoms with E-state index in [1.807, 2.05) is 12.1 Å². The summed E-state index contributed by atoms with van der Waals surface area (Å²) in [6.45, 7) is 0. The van der Waals surface area contributed by atoms with E-state index in [0.717, 1.165) is 28.4 Å². The van der Waals surface area contributed by atoms with Gasteiger partial charge in [-0.3, -0.25) is 4.72 Å². The highest BCUT2D eigenvalue weighted by Crippen LogP contribution is 2.31.